The van der Waals surface area contributed by atoms with Crippen molar-refractivity contribution in [3.8, 4) is 5.06 Å². The predicted octanol–water partition coefficient (Wildman–Crippen LogP) is 1.76. The number of thiophene rings is 1. The average Bonchev–Trinajstić information content (AvgIpc) is 2.46. The third kappa shape index (κ3) is 1.14. The molecule has 0 fully saturated rings. The molecule has 0 spiro atoms. The van der Waals surface area contributed by atoms with E-state index in [4.69, 9.17) is 4.43 Å². The molecule has 0 amide bonds. The molecule has 2 heterocycles. The number of pyridine rings is 1. The highest BCUT2D eigenvalue weighted by Crippen LogP contribution is 2.29. The standard InChI is InChI=1S/C7H4NOSSi/c11-9-7-4-5-6(10-7)2-1-3-8-5/h1-4H. The van der Waals surface area contributed by atoms with Crippen LogP contribution in [0.2, 0.25) is 0 Å². The van der Waals surface area contributed by atoms with Crippen LogP contribution in [0.1, 0.15) is 0 Å². The number of rotatable bonds is 1. The zero-order valence-electron chi connectivity index (χ0n) is 5.57. The van der Waals surface area contributed by atoms with Gasteiger partial charge in [-0.2, -0.15) is 0 Å². The molecule has 0 unspecified atom stereocenters. The maximum absolute atomic E-state index is 4.88. The van der Waals surface area contributed by atoms with Gasteiger partial charge in [0.15, 0.2) is 5.06 Å². The van der Waals surface area contributed by atoms with Crippen LogP contribution >= 0.6 is 11.3 Å². The van der Waals surface area contributed by atoms with Gasteiger partial charge in [0, 0.05) is 12.3 Å². The number of nitrogens with zero attached hydrogens (tertiary/aromatic N) is 1. The highest BCUT2D eigenvalue weighted by Gasteiger charge is 1.99. The van der Waals surface area contributed by atoms with E-state index in [1.165, 1.54) is 0 Å². The normalized spacial score (nSPS) is 10.3. The van der Waals surface area contributed by atoms with Gasteiger partial charge in [-0.25, -0.2) is 0 Å². The first-order valence-electron chi connectivity index (χ1n) is 3.08. The van der Waals surface area contributed by atoms with Gasteiger partial charge >= 0.3 is 10.5 Å². The van der Waals surface area contributed by atoms with E-state index in [1.807, 2.05) is 18.2 Å². The smallest absolute Gasteiger partial charge is 0.342 e. The lowest BCUT2D eigenvalue weighted by atomic mass is 10.4. The third-order valence-electron chi connectivity index (χ3n) is 1.37. The molecule has 53 valence electrons. The molecule has 0 atom stereocenters. The zero-order valence-corrected chi connectivity index (χ0v) is 7.39. The summed E-state index contributed by atoms with van der Waals surface area (Å²) in [6.07, 6.45) is 1.77. The molecule has 0 saturated carbocycles. The molecule has 0 aliphatic heterocycles. The summed E-state index contributed by atoms with van der Waals surface area (Å²) in [6.45, 7) is 0. The van der Waals surface area contributed by atoms with Crippen molar-refractivity contribution in [2.45, 2.75) is 0 Å². The maximum Gasteiger partial charge on any atom is 0.342 e. The van der Waals surface area contributed by atoms with Crippen molar-refractivity contribution in [3.63, 3.8) is 0 Å². The van der Waals surface area contributed by atoms with Gasteiger partial charge in [0.2, 0.25) is 0 Å². The van der Waals surface area contributed by atoms with Crippen molar-refractivity contribution in [2.75, 3.05) is 0 Å². The topological polar surface area (TPSA) is 22.1 Å². The van der Waals surface area contributed by atoms with Crippen LogP contribution in [0.3, 0.4) is 0 Å². The fourth-order valence-corrected chi connectivity index (χ4v) is 1.87. The van der Waals surface area contributed by atoms with Gasteiger partial charge in [0.05, 0.1) is 10.2 Å². The lowest BCUT2D eigenvalue weighted by Crippen LogP contribution is -1.77. The number of hydrogen-bond acceptors (Lipinski definition) is 3. The fraction of sp³-hybridized carbons (Fsp3) is 0. The van der Waals surface area contributed by atoms with Crippen LogP contribution in [0.4, 0.5) is 0 Å². The van der Waals surface area contributed by atoms with Gasteiger partial charge < -0.3 is 4.43 Å². The molecule has 2 aromatic rings. The Hall–Kier alpha value is -0.873. The van der Waals surface area contributed by atoms with E-state index in [-0.39, 0.29) is 0 Å². The Labute approximate surface area is 71.4 Å². The largest absolute Gasteiger partial charge is 0.533 e. The summed E-state index contributed by atoms with van der Waals surface area (Å²) in [4.78, 5) is 4.16. The van der Waals surface area contributed by atoms with Gasteiger partial charge in [0.25, 0.3) is 0 Å². The predicted molar refractivity (Wildman–Crippen MR) is 46.0 cm³/mol. The number of aromatic nitrogens is 1. The fourth-order valence-electron chi connectivity index (χ4n) is 0.897. The molecule has 0 saturated heterocycles. The van der Waals surface area contributed by atoms with Crippen molar-refractivity contribution >= 4 is 32.0 Å². The zero-order chi connectivity index (χ0) is 7.68. The first-order chi connectivity index (χ1) is 5.40. The van der Waals surface area contributed by atoms with E-state index >= 15 is 0 Å². The maximum atomic E-state index is 4.88. The Balaban J connectivity index is 2.69. The van der Waals surface area contributed by atoms with Crippen LogP contribution in [0, 0.1) is 0 Å². The van der Waals surface area contributed by atoms with E-state index in [2.05, 4.69) is 15.5 Å². The van der Waals surface area contributed by atoms with Crippen LogP contribution in [0.15, 0.2) is 24.4 Å². The Morgan fingerprint density at radius 3 is 3.18 bits per heavy atom. The molecule has 0 aliphatic carbocycles. The number of hydrogen-bond donors (Lipinski definition) is 0. The van der Waals surface area contributed by atoms with Crippen LogP contribution in [-0.4, -0.2) is 15.5 Å². The SMILES string of the molecule is [Si]Oc1cc2ncccc2s1. The van der Waals surface area contributed by atoms with Crippen molar-refractivity contribution in [1.82, 2.24) is 4.98 Å². The molecular weight excluding hydrogens is 174 g/mol. The second kappa shape index (κ2) is 2.63. The molecule has 0 aromatic carbocycles. The summed E-state index contributed by atoms with van der Waals surface area (Å²) in [5, 5.41) is 0.829. The Bertz CT molecular complexity index is 340. The molecule has 2 aromatic heterocycles. The van der Waals surface area contributed by atoms with Crippen molar-refractivity contribution in [1.29, 1.82) is 0 Å². The molecule has 0 bridgehead atoms. The molecule has 2 nitrogen and oxygen atoms in total. The van der Waals surface area contributed by atoms with Gasteiger partial charge in [-0.3, -0.25) is 4.98 Å². The van der Waals surface area contributed by atoms with Gasteiger partial charge in [-0.1, -0.05) is 11.3 Å². The molecule has 3 radical (unpaired) electrons. The summed E-state index contributed by atoms with van der Waals surface area (Å²) in [6, 6.07) is 5.82. The van der Waals surface area contributed by atoms with Crippen LogP contribution in [0.25, 0.3) is 10.2 Å². The van der Waals surface area contributed by atoms with E-state index in [1.54, 1.807) is 17.5 Å². The van der Waals surface area contributed by atoms with Crippen molar-refractivity contribution < 1.29 is 4.43 Å². The van der Waals surface area contributed by atoms with Gasteiger partial charge in [-0.15, -0.1) is 0 Å². The van der Waals surface area contributed by atoms with Crippen molar-refractivity contribution in [3.05, 3.63) is 24.4 Å². The van der Waals surface area contributed by atoms with E-state index in [9.17, 15) is 0 Å². The van der Waals surface area contributed by atoms with Crippen LogP contribution < -0.4 is 4.43 Å². The summed E-state index contributed by atoms with van der Waals surface area (Å²) >= 11 is 1.56. The van der Waals surface area contributed by atoms with Crippen molar-refractivity contribution in [2.24, 2.45) is 0 Å². The highest BCUT2D eigenvalue weighted by atomic mass is 32.1. The first kappa shape index (κ1) is 6.81. The molecule has 4 heteroatoms. The first-order valence-corrected chi connectivity index (χ1v) is 4.31. The van der Waals surface area contributed by atoms with Gasteiger partial charge in [0.1, 0.15) is 0 Å². The monoisotopic (exact) mass is 178 g/mol. The minimum atomic E-state index is 0.829. The van der Waals surface area contributed by atoms with Crippen LogP contribution in [0.5, 0.6) is 5.06 Å². The highest BCUT2D eigenvalue weighted by molar-refractivity contribution is 7.20. The molecule has 0 aliphatic rings. The van der Waals surface area contributed by atoms with E-state index in [0.717, 1.165) is 15.3 Å². The third-order valence-corrected chi connectivity index (χ3v) is 2.70. The Morgan fingerprint density at radius 1 is 1.55 bits per heavy atom. The van der Waals surface area contributed by atoms with E-state index < -0.39 is 0 Å². The second-order valence-electron chi connectivity index (χ2n) is 2.05. The second-order valence-corrected chi connectivity index (χ2v) is 3.30. The molecule has 2 rings (SSSR count). The lowest BCUT2D eigenvalue weighted by Gasteiger charge is -1.86. The summed E-state index contributed by atoms with van der Waals surface area (Å²) in [5.74, 6) is 0. The Morgan fingerprint density at radius 2 is 2.45 bits per heavy atom. The number of fused-ring (bicyclic) bond motifs is 1. The molecule has 0 N–H and O–H groups in total. The van der Waals surface area contributed by atoms with E-state index in [0.29, 0.717) is 0 Å². The summed E-state index contributed by atoms with van der Waals surface area (Å²) in [7, 11) is 2.96. The van der Waals surface area contributed by atoms with Crippen LogP contribution in [-0.2, 0) is 0 Å². The lowest BCUT2D eigenvalue weighted by molar-refractivity contribution is 0.635. The molecular formula is C7H4NOSSi. The summed E-state index contributed by atoms with van der Waals surface area (Å²) in [5.41, 5.74) is 0.978. The molecule has 11 heavy (non-hydrogen) atoms. The summed E-state index contributed by atoms with van der Waals surface area (Å²) < 4.78 is 6.02. The minimum absolute atomic E-state index is 0.829. The average molecular weight is 178 g/mol. The Kier molecular flexibility index (Phi) is 1.63. The quantitative estimate of drug-likeness (QED) is 0.621. The minimum Gasteiger partial charge on any atom is -0.533 e. The van der Waals surface area contributed by atoms with Gasteiger partial charge in [-0.05, 0) is 12.1 Å².